The number of hydrogen-bond acceptors (Lipinski definition) is 3. The quantitative estimate of drug-likeness (QED) is 0.592. The molecule has 0 radical (unpaired) electrons. The molecule has 3 rings (SSSR count). The van der Waals surface area contributed by atoms with Crippen molar-refractivity contribution in [3.8, 4) is 5.75 Å². The maximum atomic E-state index is 13.7. The van der Waals surface area contributed by atoms with Crippen LogP contribution < -0.4 is 20.3 Å². The molecule has 1 unspecified atom stereocenters. The number of anilines is 1. The number of nitrogens with zero attached hydrogens (tertiary/aromatic N) is 2. The molecule has 1 fully saturated rings. The van der Waals surface area contributed by atoms with Crippen molar-refractivity contribution in [3.63, 3.8) is 0 Å². The standard InChI is InChI=1S/C22H29FN4O/c1-16-7-8-17(11-21(16)23)13-25-22(24-2)26-14-18-9-10-27(15-18)19-5-4-6-20(12-19)28-3/h4-8,11-12,18H,9-10,13-15H2,1-3H3,(H2,24,25,26). The Hall–Kier alpha value is -2.76. The van der Waals surface area contributed by atoms with Gasteiger partial charge in [0.25, 0.3) is 0 Å². The number of aliphatic imine (C=N–C) groups is 1. The van der Waals surface area contributed by atoms with Crippen LogP contribution in [0.4, 0.5) is 10.1 Å². The molecule has 5 nitrogen and oxygen atoms in total. The molecule has 1 aliphatic rings. The average molecular weight is 384 g/mol. The van der Waals surface area contributed by atoms with Crippen molar-refractivity contribution >= 4 is 11.6 Å². The number of hydrogen-bond donors (Lipinski definition) is 2. The minimum Gasteiger partial charge on any atom is -0.497 e. The van der Waals surface area contributed by atoms with Crippen molar-refractivity contribution in [3.05, 3.63) is 59.4 Å². The third-order valence-corrected chi connectivity index (χ3v) is 5.18. The van der Waals surface area contributed by atoms with E-state index in [4.69, 9.17) is 4.74 Å². The molecular formula is C22H29FN4O. The summed E-state index contributed by atoms with van der Waals surface area (Å²) in [4.78, 5) is 6.66. The first-order valence-electron chi connectivity index (χ1n) is 9.67. The summed E-state index contributed by atoms with van der Waals surface area (Å²) in [6.45, 7) is 5.19. The van der Waals surface area contributed by atoms with E-state index in [0.717, 1.165) is 43.3 Å². The highest BCUT2D eigenvalue weighted by atomic mass is 19.1. The first-order valence-corrected chi connectivity index (χ1v) is 9.67. The second kappa shape index (κ2) is 9.44. The Kier molecular flexibility index (Phi) is 6.74. The van der Waals surface area contributed by atoms with E-state index in [9.17, 15) is 4.39 Å². The van der Waals surface area contributed by atoms with Crippen LogP contribution in [0.3, 0.4) is 0 Å². The van der Waals surface area contributed by atoms with E-state index in [2.05, 4.69) is 32.7 Å². The zero-order chi connectivity index (χ0) is 19.9. The van der Waals surface area contributed by atoms with Crippen LogP contribution in [0.2, 0.25) is 0 Å². The third kappa shape index (κ3) is 5.15. The molecule has 150 valence electrons. The first kappa shape index (κ1) is 20.0. The minimum absolute atomic E-state index is 0.175. The smallest absolute Gasteiger partial charge is 0.191 e. The highest BCUT2D eigenvalue weighted by Crippen LogP contribution is 2.26. The lowest BCUT2D eigenvalue weighted by Crippen LogP contribution is -2.40. The molecule has 0 saturated carbocycles. The van der Waals surface area contributed by atoms with Crippen LogP contribution in [0.5, 0.6) is 5.75 Å². The van der Waals surface area contributed by atoms with E-state index in [-0.39, 0.29) is 5.82 Å². The topological polar surface area (TPSA) is 48.9 Å². The van der Waals surface area contributed by atoms with Crippen molar-refractivity contribution in [2.75, 3.05) is 38.7 Å². The summed E-state index contributed by atoms with van der Waals surface area (Å²) >= 11 is 0. The normalized spacial score (nSPS) is 16.9. The SMILES string of the molecule is CN=C(NCc1ccc(C)c(F)c1)NCC1CCN(c2cccc(OC)c2)C1. The monoisotopic (exact) mass is 384 g/mol. The molecule has 1 atom stereocenters. The lowest BCUT2D eigenvalue weighted by Gasteiger charge is -2.20. The number of halogens is 1. The highest BCUT2D eigenvalue weighted by Gasteiger charge is 2.23. The number of ether oxygens (including phenoxy) is 1. The molecule has 6 heteroatoms. The van der Waals surface area contributed by atoms with Crippen LogP contribution >= 0.6 is 0 Å². The fourth-order valence-corrected chi connectivity index (χ4v) is 3.43. The number of rotatable bonds is 6. The van der Waals surface area contributed by atoms with Gasteiger partial charge in [-0.2, -0.15) is 0 Å². The van der Waals surface area contributed by atoms with Gasteiger partial charge in [-0.15, -0.1) is 0 Å². The van der Waals surface area contributed by atoms with Gasteiger partial charge in [0.1, 0.15) is 11.6 Å². The molecule has 0 aromatic heterocycles. The highest BCUT2D eigenvalue weighted by molar-refractivity contribution is 5.79. The Bertz CT molecular complexity index is 824. The number of aryl methyl sites for hydroxylation is 1. The molecule has 0 bridgehead atoms. The molecule has 0 aliphatic carbocycles. The fraction of sp³-hybridized carbons (Fsp3) is 0.409. The Morgan fingerprint density at radius 3 is 2.86 bits per heavy atom. The van der Waals surface area contributed by atoms with Gasteiger partial charge in [-0.05, 0) is 48.6 Å². The lowest BCUT2D eigenvalue weighted by atomic mass is 10.1. The zero-order valence-corrected chi connectivity index (χ0v) is 16.8. The predicted molar refractivity (Wildman–Crippen MR) is 113 cm³/mol. The van der Waals surface area contributed by atoms with Gasteiger partial charge < -0.3 is 20.3 Å². The summed E-state index contributed by atoms with van der Waals surface area (Å²) in [6.07, 6.45) is 1.13. The molecular weight excluding hydrogens is 355 g/mol. The summed E-state index contributed by atoms with van der Waals surface area (Å²) in [7, 11) is 3.45. The van der Waals surface area contributed by atoms with E-state index in [1.54, 1.807) is 33.2 Å². The van der Waals surface area contributed by atoms with Gasteiger partial charge in [0, 0.05) is 45.0 Å². The van der Waals surface area contributed by atoms with Crippen LogP contribution in [0.15, 0.2) is 47.5 Å². The van der Waals surface area contributed by atoms with Gasteiger partial charge in [0.15, 0.2) is 5.96 Å². The summed E-state index contributed by atoms with van der Waals surface area (Å²) in [6, 6.07) is 13.5. The summed E-state index contributed by atoms with van der Waals surface area (Å²) < 4.78 is 19.0. The molecule has 1 heterocycles. The summed E-state index contributed by atoms with van der Waals surface area (Å²) in [5.74, 6) is 1.99. The predicted octanol–water partition coefficient (Wildman–Crippen LogP) is 3.33. The Morgan fingerprint density at radius 1 is 1.25 bits per heavy atom. The molecule has 1 saturated heterocycles. The van der Waals surface area contributed by atoms with Gasteiger partial charge >= 0.3 is 0 Å². The zero-order valence-electron chi connectivity index (χ0n) is 16.8. The maximum absolute atomic E-state index is 13.7. The number of nitrogens with one attached hydrogen (secondary N) is 2. The largest absolute Gasteiger partial charge is 0.497 e. The number of methoxy groups -OCH3 is 1. The van der Waals surface area contributed by atoms with Crippen LogP contribution in [0, 0.1) is 18.7 Å². The van der Waals surface area contributed by atoms with Gasteiger partial charge in [0.05, 0.1) is 7.11 Å². The van der Waals surface area contributed by atoms with E-state index in [1.807, 2.05) is 18.2 Å². The maximum Gasteiger partial charge on any atom is 0.191 e. The van der Waals surface area contributed by atoms with Gasteiger partial charge in [-0.25, -0.2) is 4.39 Å². The molecule has 0 amide bonds. The van der Waals surface area contributed by atoms with Crippen LogP contribution in [0.25, 0.3) is 0 Å². The fourth-order valence-electron chi connectivity index (χ4n) is 3.43. The average Bonchev–Trinajstić information content (AvgIpc) is 3.20. The summed E-state index contributed by atoms with van der Waals surface area (Å²) in [5.41, 5.74) is 2.76. The van der Waals surface area contributed by atoms with E-state index < -0.39 is 0 Å². The van der Waals surface area contributed by atoms with E-state index >= 15 is 0 Å². The lowest BCUT2D eigenvalue weighted by molar-refractivity contribution is 0.415. The van der Waals surface area contributed by atoms with Crippen molar-refractivity contribution in [1.82, 2.24) is 10.6 Å². The Morgan fingerprint density at radius 2 is 2.11 bits per heavy atom. The van der Waals surface area contributed by atoms with Gasteiger partial charge in [-0.3, -0.25) is 4.99 Å². The second-order valence-electron chi connectivity index (χ2n) is 7.19. The van der Waals surface area contributed by atoms with Crippen molar-refractivity contribution in [2.45, 2.75) is 19.9 Å². The van der Waals surface area contributed by atoms with E-state index in [1.165, 1.54) is 5.69 Å². The van der Waals surface area contributed by atoms with E-state index in [0.29, 0.717) is 18.0 Å². The summed E-state index contributed by atoms with van der Waals surface area (Å²) in [5, 5.41) is 6.65. The molecule has 2 aromatic carbocycles. The van der Waals surface area contributed by atoms with Crippen LogP contribution in [-0.4, -0.2) is 39.8 Å². The van der Waals surface area contributed by atoms with Crippen molar-refractivity contribution in [2.24, 2.45) is 10.9 Å². The first-order chi connectivity index (χ1) is 13.6. The third-order valence-electron chi connectivity index (χ3n) is 5.18. The van der Waals surface area contributed by atoms with Crippen molar-refractivity contribution < 1.29 is 9.13 Å². The Balaban J connectivity index is 1.47. The van der Waals surface area contributed by atoms with Gasteiger partial charge in [-0.1, -0.05) is 18.2 Å². The van der Waals surface area contributed by atoms with Crippen molar-refractivity contribution in [1.29, 1.82) is 0 Å². The molecule has 2 N–H and O–H groups in total. The Labute approximate surface area is 166 Å². The minimum atomic E-state index is -0.175. The second-order valence-corrected chi connectivity index (χ2v) is 7.19. The molecule has 0 spiro atoms. The molecule has 28 heavy (non-hydrogen) atoms. The van der Waals surface area contributed by atoms with Gasteiger partial charge in [0.2, 0.25) is 0 Å². The molecule has 2 aromatic rings. The van der Waals surface area contributed by atoms with Crippen LogP contribution in [0.1, 0.15) is 17.5 Å². The number of guanidine groups is 1. The number of benzene rings is 2. The van der Waals surface area contributed by atoms with Crippen LogP contribution in [-0.2, 0) is 6.54 Å². The molecule has 1 aliphatic heterocycles.